The highest BCUT2D eigenvalue weighted by Crippen LogP contribution is 2.32. The molecule has 0 heterocycles. The van der Waals surface area contributed by atoms with E-state index in [0.29, 0.717) is 21.4 Å². The van der Waals surface area contributed by atoms with E-state index >= 15 is 0 Å². The number of amides is 2. The van der Waals surface area contributed by atoms with Gasteiger partial charge in [-0.15, -0.1) is 0 Å². The number of methoxy groups -OCH3 is 1. The molecule has 0 aliphatic carbocycles. The molecule has 0 spiro atoms. The minimum Gasteiger partial charge on any atom is -0.495 e. The molecule has 0 fully saturated rings. The number of ether oxygens (including phenoxy) is 1. The minimum absolute atomic E-state index is 0.0182. The Morgan fingerprint density at radius 3 is 2.23 bits per heavy atom. The highest BCUT2D eigenvalue weighted by atomic mass is 35.5. The van der Waals surface area contributed by atoms with Crippen molar-refractivity contribution in [2.45, 2.75) is 30.8 Å². The number of nitrogens with one attached hydrogen (secondary N) is 1. The molecule has 1 unspecified atom stereocenters. The zero-order valence-electron chi connectivity index (χ0n) is 21.5. The van der Waals surface area contributed by atoms with E-state index in [1.54, 1.807) is 37.3 Å². The smallest absolute Gasteiger partial charge is 0.264 e. The van der Waals surface area contributed by atoms with Gasteiger partial charge in [0.1, 0.15) is 18.3 Å². The van der Waals surface area contributed by atoms with Crippen molar-refractivity contribution in [3.63, 3.8) is 0 Å². The van der Waals surface area contributed by atoms with Gasteiger partial charge in [-0.1, -0.05) is 66.0 Å². The number of likely N-dealkylation sites (N-methyl/N-ethyl adjacent to an activating group) is 1. The van der Waals surface area contributed by atoms with Gasteiger partial charge in [-0.3, -0.25) is 13.9 Å². The molecule has 0 saturated heterocycles. The van der Waals surface area contributed by atoms with Crippen molar-refractivity contribution in [3.8, 4) is 5.75 Å². The number of hydrogen-bond donors (Lipinski definition) is 1. The summed E-state index contributed by atoms with van der Waals surface area (Å²) in [5.41, 5.74) is 0.692. The number of benzene rings is 3. The van der Waals surface area contributed by atoms with Crippen molar-refractivity contribution < 1.29 is 22.7 Å². The van der Waals surface area contributed by atoms with Crippen LogP contribution in [-0.4, -0.2) is 51.9 Å². The fourth-order valence-electron chi connectivity index (χ4n) is 3.98. The molecular formula is C27H28Cl3N3O5S. The number of anilines is 1. The summed E-state index contributed by atoms with van der Waals surface area (Å²) < 4.78 is 33.8. The van der Waals surface area contributed by atoms with Gasteiger partial charge in [0.05, 0.1) is 22.7 Å². The predicted molar refractivity (Wildman–Crippen MR) is 154 cm³/mol. The first-order valence-corrected chi connectivity index (χ1v) is 14.5. The second kappa shape index (κ2) is 13.4. The van der Waals surface area contributed by atoms with E-state index < -0.39 is 34.4 Å². The molecule has 3 aromatic carbocycles. The number of carbonyl (C=O) groups is 2. The minimum atomic E-state index is -4.22. The molecule has 2 amide bonds. The number of sulfonamides is 1. The van der Waals surface area contributed by atoms with Gasteiger partial charge in [0.25, 0.3) is 10.0 Å². The van der Waals surface area contributed by atoms with Crippen LogP contribution in [0.15, 0.2) is 71.6 Å². The third kappa shape index (κ3) is 7.16. The maximum Gasteiger partial charge on any atom is 0.264 e. The van der Waals surface area contributed by atoms with Crippen LogP contribution in [0.5, 0.6) is 5.75 Å². The first kappa shape index (κ1) is 30.6. The van der Waals surface area contributed by atoms with E-state index in [1.165, 1.54) is 55.5 Å². The lowest BCUT2D eigenvalue weighted by molar-refractivity contribution is -0.140. The third-order valence-corrected chi connectivity index (χ3v) is 8.69. The van der Waals surface area contributed by atoms with Gasteiger partial charge >= 0.3 is 0 Å². The van der Waals surface area contributed by atoms with Gasteiger partial charge in [0.15, 0.2) is 0 Å². The van der Waals surface area contributed by atoms with Gasteiger partial charge in [0, 0.05) is 23.6 Å². The Morgan fingerprint density at radius 1 is 0.974 bits per heavy atom. The van der Waals surface area contributed by atoms with Crippen LogP contribution < -0.4 is 14.4 Å². The summed E-state index contributed by atoms with van der Waals surface area (Å²) in [5.74, 6) is -0.683. The number of hydrogen-bond acceptors (Lipinski definition) is 5. The summed E-state index contributed by atoms with van der Waals surface area (Å²) in [6, 6.07) is 16.1. The van der Waals surface area contributed by atoms with E-state index in [0.717, 1.165) is 4.31 Å². The third-order valence-electron chi connectivity index (χ3n) is 6.02. The summed E-state index contributed by atoms with van der Waals surface area (Å²) in [5, 5.41) is 3.46. The highest BCUT2D eigenvalue weighted by molar-refractivity contribution is 7.92. The SMILES string of the molecule is CCC(C(=O)NC)N(Cc1ccc(Cl)cc1Cl)C(=O)CN(c1ccc(OC)c(Cl)c1)S(=O)(=O)c1ccccc1. The largest absolute Gasteiger partial charge is 0.495 e. The molecule has 0 bridgehead atoms. The summed E-state index contributed by atoms with van der Waals surface area (Å²) in [4.78, 5) is 28.0. The Kier molecular flexibility index (Phi) is 10.5. The van der Waals surface area contributed by atoms with Crippen LogP contribution in [0.25, 0.3) is 0 Å². The Morgan fingerprint density at radius 2 is 1.67 bits per heavy atom. The van der Waals surface area contributed by atoms with Gasteiger partial charge in [-0.25, -0.2) is 8.42 Å². The average molecular weight is 613 g/mol. The summed E-state index contributed by atoms with van der Waals surface area (Å²) in [6.45, 7) is 1.09. The lowest BCUT2D eigenvalue weighted by Gasteiger charge is -2.33. The fourth-order valence-corrected chi connectivity index (χ4v) is 6.13. The van der Waals surface area contributed by atoms with Crippen molar-refractivity contribution in [3.05, 3.63) is 87.4 Å². The Bertz CT molecular complexity index is 1440. The lowest BCUT2D eigenvalue weighted by atomic mass is 10.1. The van der Waals surface area contributed by atoms with Crippen LogP contribution in [-0.2, 0) is 26.2 Å². The predicted octanol–water partition coefficient (Wildman–Crippen LogP) is 5.40. The molecular weight excluding hydrogens is 585 g/mol. The van der Waals surface area contributed by atoms with Gasteiger partial charge < -0.3 is 15.0 Å². The van der Waals surface area contributed by atoms with Crippen LogP contribution in [0.4, 0.5) is 5.69 Å². The Hall–Kier alpha value is -2.98. The van der Waals surface area contributed by atoms with Crippen molar-refractivity contribution >= 4 is 62.3 Å². The molecule has 12 heteroatoms. The van der Waals surface area contributed by atoms with Crippen LogP contribution >= 0.6 is 34.8 Å². The topological polar surface area (TPSA) is 96.0 Å². The standard InChI is InChI=1S/C27H28Cl3N3O5S/c1-4-24(27(35)31-2)32(16-18-10-11-19(28)14-22(18)29)26(34)17-33(20-12-13-25(38-3)23(30)15-20)39(36,37)21-8-6-5-7-9-21/h5-15,24H,4,16-17H2,1-3H3,(H,31,35). The van der Waals surface area contributed by atoms with E-state index in [2.05, 4.69) is 5.32 Å². The van der Waals surface area contributed by atoms with Crippen molar-refractivity contribution in [2.24, 2.45) is 0 Å². The normalized spacial score (nSPS) is 11.9. The second-order valence-corrected chi connectivity index (χ2v) is 11.6. The number of halogens is 3. The van der Waals surface area contributed by atoms with Gasteiger partial charge in [0.2, 0.25) is 11.8 Å². The van der Waals surface area contributed by atoms with Crippen LogP contribution in [0.1, 0.15) is 18.9 Å². The molecule has 3 aromatic rings. The number of rotatable bonds is 11. The maximum absolute atomic E-state index is 13.9. The number of carbonyl (C=O) groups excluding carboxylic acids is 2. The lowest BCUT2D eigenvalue weighted by Crippen LogP contribution is -2.51. The highest BCUT2D eigenvalue weighted by Gasteiger charge is 2.34. The van der Waals surface area contributed by atoms with E-state index in [9.17, 15) is 18.0 Å². The monoisotopic (exact) mass is 611 g/mol. The van der Waals surface area contributed by atoms with E-state index in [1.807, 2.05) is 0 Å². The van der Waals surface area contributed by atoms with Crippen molar-refractivity contribution in [1.82, 2.24) is 10.2 Å². The molecule has 0 saturated carbocycles. The zero-order valence-corrected chi connectivity index (χ0v) is 24.6. The molecule has 39 heavy (non-hydrogen) atoms. The molecule has 1 atom stereocenters. The number of nitrogens with zero attached hydrogens (tertiary/aromatic N) is 2. The molecule has 1 N–H and O–H groups in total. The summed E-state index contributed by atoms with van der Waals surface area (Å²) in [6.07, 6.45) is 0.274. The van der Waals surface area contributed by atoms with Crippen molar-refractivity contribution in [2.75, 3.05) is 25.0 Å². The van der Waals surface area contributed by atoms with Gasteiger partial charge in [-0.2, -0.15) is 0 Å². The quantitative estimate of drug-likeness (QED) is 0.313. The van der Waals surface area contributed by atoms with E-state index in [-0.39, 0.29) is 28.6 Å². The molecule has 3 rings (SSSR count). The van der Waals surface area contributed by atoms with Crippen LogP contribution in [0, 0.1) is 0 Å². The molecule has 0 radical (unpaired) electrons. The Balaban J connectivity index is 2.10. The molecule has 208 valence electrons. The zero-order chi connectivity index (χ0) is 28.7. The fraction of sp³-hybridized carbons (Fsp3) is 0.259. The Labute approximate surface area is 243 Å². The first-order chi connectivity index (χ1) is 18.5. The van der Waals surface area contributed by atoms with Crippen LogP contribution in [0.3, 0.4) is 0 Å². The summed E-state index contributed by atoms with van der Waals surface area (Å²) >= 11 is 18.7. The second-order valence-electron chi connectivity index (χ2n) is 8.44. The molecule has 0 aliphatic rings. The van der Waals surface area contributed by atoms with E-state index in [4.69, 9.17) is 39.5 Å². The van der Waals surface area contributed by atoms with Crippen LogP contribution in [0.2, 0.25) is 15.1 Å². The average Bonchev–Trinajstić information content (AvgIpc) is 2.92. The first-order valence-electron chi connectivity index (χ1n) is 11.9. The maximum atomic E-state index is 13.9. The molecule has 8 nitrogen and oxygen atoms in total. The molecule has 0 aliphatic heterocycles. The van der Waals surface area contributed by atoms with Crippen molar-refractivity contribution in [1.29, 1.82) is 0 Å². The molecule has 0 aromatic heterocycles. The summed E-state index contributed by atoms with van der Waals surface area (Å²) in [7, 11) is -1.32. The van der Waals surface area contributed by atoms with Gasteiger partial charge in [-0.05, 0) is 54.4 Å².